The summed E-state index contributed by atoms with van der Waals surface area (Å²) in [5.41, 5.74) is 7.00. The van der Waals surface area contributed by atoms with E-state index in [-0.39, 0.29) is 5.82 Å². The molecule has 1 atom stereocenters. The van der Waals surface area contributed by atoms with Gasteiger partial charge in [-0.25, -0.2) is 9.37 Å². The number of aryl methyl sites for hydroxylation is 1. The molecule has 18 heavy (non-hydrogen) atoms. The monoisotopic (exact) mass is 249 g/mol. The maximum absolute atomic E-state index is 13.8. The predicted molar refractivity (Wildman–Crippen MR) is 71.8 cm³/mol. The molecule has 0 aliphatic carbocycles. The molecule has 1 aromatic heterocycles. The van der Waals surface area contributed by atoms with Crippen molar-refractivity contribution >= 4 is 11.0 Å². The Morgan fingerprint density at radius 1 is 1.39 bits per heavy atom. The van der Waals surface area contributed by atoms with Gasteiger partial charge in [0.05, 0.1) is 11.1 Å². The molecule has 0 saturated carbocycles. The SMILES string of the molecule is CCCn1c(C(C)(N)CC)nc2c(F)cccc21. The molecule has 3 nitrogen and oxygen atoms in total. The van der Waals surface area contributed by atoms with Crippen LogP contribution in [-0.2, 0) is 12.1 Å². The first-order chi connectivity index (χ1) is 8.51. The second-order valence-electron chi connectivity index (χ2n) is 4.97. The number of rotatable bonds is 4. The van der Waals surface area contributed by atoms with Crippen molar-refractivity contribution in [3.05, 3.63) is 29.8 Å². The summed E-state index contributed by atoms with van der Waals surface area (Å²) < 4.78 is 15.8. The zero-order chi connectivity index (χ0) is 13.3. The highest BCUT2D eigenvalue weighted by Crippen LogP contribution is 2.27. The van der Waals surface area contributed by atoms with Crippen LogP contribution in [0, 0.1) is 5.82 Å². The summed E-state index contributed by atoms with van der Waals surface area (Å²) in [5, 5.41) is 0. The van der Waals surface area contributed by atoms with Gasteiger partial charge in [0.25, 0.3) is 0 Å². The largest absolute Gasteiger partial charge is 0.326 e. The number of benzene rings is 1. The van der Waals surface area contributed by atoms with Gasteiger partial charge in [0, 0.05) is 6.54 Å². The Morgan fingerprint density at radius 2 is 2.11 bits per heavy atom. The Hall–Kier alpha value is -1.42. The number of imidazole rings is 1. The van der Waals surface area contributed by atoms with E-state index in [0.29, 0.717) is 5.52 Å². The molecule has 2 N–H and O–H groups in total. The van der Waals surface area contributed by atoms with Crippen LogP contribution in [0.4, 0.5) is 4.39 Å². The highest BCUT2D eigenvalue weighted by molar-refractivity contribution is 5.77. The third-order valence-electron chi connectivity index (χ3n) is 3.42. The maximum Gasteiger partial charge on any atom is 0.151 e. The van der Waals surface area contributed by atoms with Crippen molar-refractivity contribution in [3.63, 3.8) is 0 Å². The summed E-state index contributed by atoms with van der Waals surface area (Å²) in [5.74, 6) is 0.488. The van der Waals surface area contributed by atoms with Gasteiger partial charge in [-0.1, -0.05) is 19.9 Å². The lowest BCUT2D eigenvalue weighted by Gasteiger charge is -2.23. The predicted octanol–water partition coefficient (Wildman–Crippen LogP) is 3.17. The van der Waals surface area contributed by atoms with E-state index in [1.54, 1.807) is 6.07 Å². The Kier molecular flexibility index (Phi) is 3.39. The molecule has 0 radical (unpaired) electrons. The van der Waals surface area contributed by atoms with Gasteiger partial charge < -0.3 is 10.3 Å². The summed E-state index contributed by atoms with van der Waals surface area (Å²) >= 11 is 0. The van der Waals surface area contributed by atoms with Crippen LogP contribution in [-0.4, -0.2) is 9.55 Å². The van der Waals surface area contributed by atoms with Crippen LogP contribution in [0.2, 0.25) is 0 Å². The number of aromatic nitrogens is 2. The Balaban J connectivity index is 2.72. The minimum absolute atomic E-state index is 0.282. The molecule has 0 aliphatic heterocycles. The third kappa shape index (κ3) is 2.01. The maximum atomic E-state index is 13.8. The van der Waals surface area contributed by atoms with Crippen LogP contribution in [0.1, 0.15) is 39.4 Å². The smallest absolute Gasteiger partial charge is 0.151 e. The van der Waals surface area contributed by atoms with E-state index in [0.717, 1.165) is 30.7 Å². The fourth-order valence-corrected chi connectivity index (χ4v) is 2.16. The highest BCUT2D eigenvalue weighted by atomic mass is 19.1. The standard InChI is InChI=1S/C14H20FN3/c1-4-9-18-11-8-6-7-10(15)12(11)17-13(18)14(3,16)5-2/h6-8H,4-5,9,16H2,1-3H3. The number of hydrogen-bond acceptors (Lipinski definition) is 2. The van der Waals surface area contributed by atoms with E-state index in [9.17, 15) is 4.39 Å². The summed E-state index contributed by atoms with van der Waals surface area (Å²) in [6.45, 7) is 6.86. The quantitative estimate of drug-likeness (QED) is 0.904. The van der Waals surface area contributed by atoms with Crippen molar-refractivity contribution in [2.24, 2.45) is 5.73 Å². The Morgan fingerprint density at radius 3 is 2.72 bits per heavy atom. The Labute approximate surface area is 107 Å². The van der Waals surface area contributed by atoms with Crippen LogP contribution in [0.3, 0.4) is 0 Å². The summed E-state index contributed by atoms with van der Waals surface area (Å²) in [6.07, 6.45) is 1.73. The van der Waals surface area contributed by atoms with Crippen molar-refractivity contribution < 1.29 is 4.39 Å². The normalized spacial score (nSPS) is 14.9. The second kappa shape index (κ2) is 4.69. The lowest BCUT2D eigenvalue weighted by Crippen LogP contribution is -2.35. The van der Waals surface area contributed by atoms with Crippen LogP contribution >= 0.6 is 0 Å². The molecule has 0 fully saturated rings. The third-order valence-corrected chi connectivity index (χ3v) is 3.42. The molecule has 2 rings (SSSR count). The molecule has 2 aromatic rings. The van der Waals surface area contributed by atoms with Crippen molar-refractivity contribution in [2.45, 2.75) is 45.7 Å². The van der Waals surface area contributed by atoms with Crippen molar-refractivity contribution in [3.8, 4) is 0 Å². The molecule has 1 heterocycles. The van der Waals surface area contributed by atoms with Gasteiger partial charge in [-0.2, -0.15) is 0 Å². The van der Waals surface area contributed by atoms with E-state index < -0.39 is 5.54 Å². The average molecular weight is 249 g/mol. The molecule has 0 spiro atoms. The lowest BCUT2D eigenvalue weighted by molar-refractivity contribution is 0.421. The zero-order valence-corrected chi connectivity index (χ0v) is 11.2. The summed E-state index contributed by atoms with van der Waals surface area (Å²) in [7, 11) is 0. The first-order valence-corrected chi connectivity index (χ1v) is 6.45. The van der Waals surface area contributed by atoms with Gasteiger partial charge in [0.15, 0.2) is 5.82 Å². The van der Waals surface area contributed by atoms with Crippen LogP contribution in [0.5, 0.6) is 0 Å². The number of nitrogens with two attached hydrogens (primary N) is 1. The van der Waals surface area contributed by atoms with Crippen molar-refractivity contribution in [2.75, 3.05) is 0 Å². The molecule has 0 amide bonds. The molecule has 1 aromatic carbocycles. The Bertz CT molecular complexity index is 557. The molecule has 1 unspecified atom stereocenters. The van der Waals surface area contributed by atoms with Gasteiger partial charge in [-0.05, 0) is 31.9 Å². The fourth-order valence-electron chi connectivity index (χ4n) is 2.16. The zero-order valence-electron chi connectivity index (χ0n) is 11.2. The fraction of sp³-hybridized carbons (Fsp3) is 0.500. The van der Waals surface area contributed by atoms with Crippen molar-refractivity contribution in [1.29, 1.82) is 0 Å². The van der Waals surface area contributed by atoms with E-state index in [2.05, 4.69) is 11.9 Å². The van der Waals surface area contributed by atoms with Crippen LogP contribution < -0.4 is 5.73 Å². The van der Waals surface area contributed by atoms with E-state index in [1.165, 1.54) is 6.07 Å². The minimum Gasteiger partial charge on any atom is -0.326 e. The highest BCUT2D eigenvalue weighted by Gasteiger charge is 2.26. The molecule has 98 valence electrons. The number of nitrogens with zero attached hydrogens (tertiary/aromatic N) is 2. The number of fused-ring (bicyclic) bond motifs is 1. The topological polar surface area (TPSA) is 43.8 Å². The summed E-state index contributed by atoms with van der Waals surface area (Å²) in [6, 6.07) is 5.06. The molecular formula is C14H20FN3. The van der Waals surface area contributed by atoms with E-state index >= 15 is 0 Å². The molecule has 4 heteroatoms. The molecular weight excluding hydrogens is 229 g/mol. The summed E-state index contributed by atoms with van der Waals surface area (Å²) in [4.78, 5) is 4.44. The van der Waals surface area contributed by atoms with Crippen molar-refractivity contribution in [1.82, 2.24) is 9.55 Å². The minimum atomic E-state index is -0.527. The molecule has 0 bridgehead atoms. The van der Waals surface area contributed by atoms with Gasteiger partial charge >= 0.3 is 0 Å². The average Bonchev–Trinajstić information content (AvgIpc) is 2.71. The van der Waals surface area contributed by atoms with E-state index in [4.69, 9.17) is 5.73 Å². The second-order valence-corrected chi connectivity index (χ2v) is 4.97. The number of halogens is 1. The lowest BCUT2D eigenvalue weighted by atomic mass is 9.99. The van der Waals surface area contributed by atoms with Gasteiger partial charge in [0.2, 0.25) is 0 Å². The number of hydrogen-bond donors (Lipinski definition) is 1. The van der Waals surface area contributed by atoms with Gasteiger partial charge in [0.1, 0.15) is 11.3 Å². The van der Waals surface area contributed by atoms with Crippen LogP contribution in [0.25, 0.3) is 11.0 Å². The molecule has 0 aliphatic rings. The molecule has 0 saturated heterocycles. The first kappa shape index (κ1) is 13.0. The van der Waals surface area contributed by atoms with Gasteiger partial charge in [-0.15, -0.1) is 0 Å². The van der Waals surface area contributed by atoms with Gasteiger partial charge in [-0.3, -0.25) is 0 Å². The van der Waals surface area contributed by atoms with E-state index in [1.807, 2.05) is 24.5 Å². The van der Waals surface area contributed by atoms with Crippen LogP contribution in [0.15, 0.2) is 18.2 Å². The number of para-hydroxylation sites is 1. The first-order valence-electron chi connectivity index (χ1n) is 6.45.